The molecular weight excluding hydrogens is 1710 g/mol. The van der Waals surface area contributed by atoms with E-state index in [0.717, 1.165) is 146 Å². The van der Waals surface area contributed by atoms with Gasteiger partial charge in [-0.25, -0.2) is 0 Å². The number of nitrogens with one attached hydrogen (secondary N) is 1. The second kappa shape index (κ2) is 21.3. The first kappa shape index (κ1) is 69.5. The first-order valence-electron chi connectivity index (χ1n) is 49.2. The third-order valence-electron chi connectivity index (χ3n) is 39.5. The zero-order valence-electron chi connectivity index (χ0n) is 73.3. The molecule has 11 fully saturated rings. The fourth-order valence-electron chi connectivity index (χ4n) is 32.6. The first-order valence-corrected chi connectivity index (χ1v) is 58.7. The Balaban J connectivity index is 0.0000000743. The Kier molecular flexibility index (Phi) is 11.0. The van der Waals surface area contributed by atoms with Gasteiger partial charge in [0, 0.05) is 43.8 Å². The van der Waals surface area contributed by atoms with Gasteiger partial charge in [-0.2, -0.15) is 0 Å². The minimum absolute atomic E-state index is 0.0467. The molecule has 1 spiro atoms. The second-order valence-corrected chi connectivity index (χ2v) is 65.2. The number of hydrogen-bond donors (Lipinski definition) is 1. The number of para-hydroxylation sites is 1. The van der Waals surface area contributed by atoms with Crippen molar-refractivity contribution in [2.24, 2.45) is 4.52 Å². The Morgan fingerprint density at radius 1 is 0.313 bits per heavy atom. The molecule has 16 aromatic carbocycles. The van der Waals surface area contributed by atoms with E-state index in [4.69, 9.17) is 47.3 Å². The van der Waals surface area contributed by atoms with E-state index in [2.05, 4.69) is 295 Å². The average molecular weight is 1770 g/mol. The molecule has 36 heteroatoms. The van der Waals surface area contributed by atoms with Crippen LogP contribution in [0.5, 0.6) is 92.0 Å². The van der Waals surface area contributed by atoms with E-state index in [1.54, 1.807) is 16.0 Å². The van der Waals surface area contributed by atoms with E-state index in [9.17, 15) is 0 Å². The molecule has 0 amide bonds. The molecule has 2 bridgehead atoms. The summed E-state index contributed by atoms with van der Waals surface area (Å²) in [5.74, 6) is 15.3. The van der Waals surface area contributed by atoms with Crippen LogP contribution in [0.4, 0.5) is 0 Å². The van der Waals surface area contributed by atoms with E-state index in [1.165, 1.54) is 177 Å². The number of rotatable bonds is 5. The van der Waals surface area contributed by atoms with Crippen molar-refractivity contribution in [3.8, 4) is 115 Å². The number of aryl methyl sites for hydroxylation is 2. The van der Waals surface area contributed by atoms with Crippen molar-refractivity contribution in [3.63, 3.8) is 0 Å². The predicted octanol–water partition coefficient (Wildman–Crippen LogP) is 9.93. The van der Waals surface area contributed by atoms with E-state index < -0.39 is 19.0 Å². The van der Waals surface area contributed by atoms with Crippen LogP contribution in [-0.2, 0) is 0 Å². The van der Waals surface area contributed by atoms with E-state index in [-0.39, 0.29) is 48.3 Å². The quantitative estimate of drug-likeness (QED) is 0.133. The topological polar surface area (TPSA) is 118 Å². The third kappa shape index (κ3) is 7.26. The fraction of sp³-hybridized carbons (Fsp3) is 0.0204. The molecule has 23 aliphatic rings. The number of aromatic nitrogens is 4. The van der Waals surface area contributed by atoms with Crippen LogP contribution >= 0.6 is 26.5 Å². The zero-order chi connectivity index (χ0) is 85.6. The van der Waals surface area contributed by atoms with Crippen LogP contribution in [0.2, 0.25) is 0 Å². The molecule has 0 saturated carbocycles. The van der Waals surface area contributed by atoms with E-state index in [1.807, 2.05) is 18.2 Å². The molecule has 2 radical (unpaired) electrons. The van der Waals surface area contributed by atoms with Crippen molar-refractivity contribution >= 4 is 308 Å². The average Bonchev–Trinajstić information content (AvgIpc) is 1.32. The first-order chi connectivity index (χ1) is 66.0. The molecular formula is C98H59B18N6O8P4-3. The van der Waals surface area contributed by atoms with Crippen molar-refractivity contribution in [2.75, 3.05) is 0 Å². The third-order valence-corrected chi connectivity index (χ3v) is 68.7. The van der Waals surface area contributed by atoms with Crippen LogP contribution in [0, 0.1) is 13.8 Å². The van der Waals surface area contributed by atoms with Crippen LogP contribution in [0.3, 0.4) is 0 Å². The molecule has 23 aliphatic heterocycles. The summed E-state index contributed by atoms with van der Waals surface area (Å²) in [6, 6.07) is 96.7. The van der Waals surface area contributed by atoms with Gasteiger partial charge in [-0.15, -0.1) is 0 Å². The molecule has 27 heterocycles. The summed E-state index contributed by atoms with van der Waals surface area (Å²) in [5, 5.41) is 14.5. The summed E-state index contributed by atoms with van der Waals surface area (Å²) in [7, 11) is 0.727. The molecule has 43 rings (SSSR count). The van der Waals surface area contributed by atoms with Gasteiger partial charge in [0.15, 0.2) is 0 Å². The summed E-state index contributed by atoms with van der Waals surface area (Å²) >= 11 is 0. The van der Waals surface area contributed by atoms with Crippen LogP contribution < -0.4 is 119 Å². The minimum atomic E-state index is -2.02. The van der Waals surface area contributed by atoms with E-state index >= 15 is 0 Å². The van der Waals surface area contributed by atoms with Gasteiger partial charge < -0.3 is 28.1 Å². The monoisotopic (exact) mass is 1770 g/mol. The Bertz CT molecular complexity index is 9580. The van der Waals surface area contributed by atoms with E-state index in [0.29, 0.717) is 14.0 Å². The van der Waals surface area contributed by atoms with Gasteiger partial charge in [0.2, 0.25) is 0 Å². The molecule has 134 heavy (non-hydrogen) atoms. The summed E-state index contributed by atoms with van der Waals surface area (Å²) in [5.41, 5.74) is 33.0. The maximum atomic E-state index is 6.96. The number of hydrogen-bond acceptors (Lipinski definition) is 10. The molecule has 0 atom stereocenters. The number of ether oxygens (including phenoxy) is 8. The van der Waals surface area contributed by atoms with Crippen molar-refractivity contribution in [2.45, 2.75) is 13.8 Å². The maximum absolute atomic E-state index is 6.96. The second-order valence-electron chi connectivity index (χ2n) is 44.5. The number of benzene rings is 16. The molecule has 4 aromatic heterocycles. The Hall–Kier alpha value is -12.4. The van der Waals surface area contributed by atoms with Crippen molar-refractivity contribution in [3.05, 3.63) is 278 Å². The summed E-state index contributed by atoms with van der Waals surface area (Å²) in [6.45, 7) is 10.9. The zero-order valence-corrected chi connectivity index (χ0v) is 76.9. The van der Waals surface area contributed by atoms with Crippen LogP contribution in [0.15, 0.2) is 271 Å². The van der Waals surface area contributed by atoms with Gasteiger partial charge in [0.05, 0.1) is 22.1 Å². The van der Waals surface area contributed by atoms with Gasteiger partial charge >= 0.3 is 447 Å². The van der Waals surface area contributed by atoms with Crippen molar-refractivity contribution in [1.29, 1.82) is 0 Å². The van der Waals surface area contributed by atoms with Crippen molar-refractivity contribution in [1.82, 2.24) is 23.1 Å². The van der Waals surface area contributed by atoms with Gasteiger partial charge in [-0.05, 0) is 132 Å². The predicted molar refractivity (Wildman–Crippen MR) is 582 cm³/mol. The normalized spacial score (nSPS) is 20.2. The number of nitrogens with zero attached hydrogens (tertiary/aromatic N) is 5. The molecule has 606 valence electrons. The van der Waals surface area contributed by atoms with Gasteiger partial charge in [-0.3, -0.25) is 0 Å². The molecule has 11 saturated heterocycles. The van der Waals surface area contributed by atoms with Gasteiger partial charge in [0.25, 0.3) is 13.4 Å². The van der Waals surface area contributed by atoms with Gasteiger partial charge in [0.1, 0.15) is 46.0 Å². The molecule has 20 aromatic rings. The summed E-state index contributed by atoms with van der Waals surface area (Å²) in [6.07, 6.45) is 3.27. The van der Waals surface area contributed by atoms with Crippen LogP contribution in [0.1, 0.15) is 11.1 Å². The standard InChI is InChI=1S/2C25H14BNO2.C24H16B9N2O2P2.C24H15B7N2O2P2/c1-13-8-10-16-15(12-13)14-9-11-21-24-25(14)27(16)17-4-2-5-18-22(17)26(24)23-19(28-18)6-3-7-20(23)29-21;1-13-8-9-14-15-10-11-21-24-25(15)27(17(14)12-13)16-4-2-5-18-22(16)26(24)23-19(28-18)6-3-7-20(23)29-21;1-2-6-13-12(5-1)20-19(38(29-25-30(38)33(29)38)34-39-26-31(39)32(39)27-39)11-18-23-24(20)35(13)14-7-3-8-15-21(14)28(23)22-16(36-15)9-4-10-17(22)37-18;1-5-14-21-15(6-1)34-16-7-3-8-17-22(16)28(21)23-18(35-17)11-10-12-20-13(33(14)24(12)23)4-2-9-19(20)37(26-29(37)27-37)32-36-30-25-31(30)36/h2*2-12H,1H3;1-11,34H,25-26H2;1-11H,25-26H2/q;;-2;-1. The molecule has 14 nitrogen and oxygen atoms in total. The number of fused-ring (bicyclic) bond motifs is 19. The van der Waals surface area contributed by atoms with Gasteiger partial charge in [-0.1, -0.05) is 48.0 Å². The summed E-state index contributed by atoms with van der Waals surface area (Å²) in [4.78, 5) is 4.87. The van der Waals surface area contributed by atoms with Crippen molar-refractivity contribution < 1.29 is 37.9 Å². The SMILES string of the molecule is Cc1ccc2c(c1)c1ccc3c4c1n2-c1cccc2c1B4c1c(cccc1O3)O2.Cc1ccc2c3ccc4c5c3n(c2c1)-c1cccc2c1B5c1c(cccc1O4)O2.[B]1B2B3[BH2-]P123NP12(c3cc4c5c6c3c3ccccc3n6-c3cccc6c3B5c3c(cccc3O4)O6)B3[BH2-]B1B32.[B]1B2[BH2-]P12(N=[P+]1B2[BH2-]B21)c1cccc2c1c1ccc3c4c1n2-c1cccc2c1B4c1c(cccc1O3)O2. The van der Waals surface area contributed by atoms with Crippen LogP contribution in [0.25, 0.3) is 110 Å². The fourth-order valence-corrected chi connectivity index (χ4v) is 70.6. The Morgan fingerprint density at radius 2 is 0.701 bits per heavy atom. The Morgan fingerprint density at radius 3 is 1.16 bits per heavy atom. The summed E-state index contributed by atoms with van der Waals surface area (Å²) < 4.78 is 68.0. The Labute approximate surface area is 774 Å². The molecule has 0 unspecified atom stereocenters. The molecule has 1 N–H and O–H groups in total. The molecule has 0 aliphatic carbocycles. The van der Waals surface area contributed by atoms with Crippen LogP contribution in [-0.4, -0.2) is 137 Å².